The number of carbonyl (C=O) groups is 2. The van der Waals surface area contributed by atoms with Crippen molar-refractivity contribution in [1.82, 2.24) is 5.32 Å². The zero-order chi connectivity index (χ0) is 13.3. The molecule has 0 aliphatic carbocycles. The van der Waals surface area contributed by atoms with E-state index in [0.29, 0.717) is 5.56 Å². The van der Waals surface area contributed by atoms with Gasteiger partial charge in [-0.2, -0.15) is 8.42 Å². The Labute approximate surface area is 102 Å². The molecule has 7 nitrogen and oxygen atoms in total. The smallest absolute Gasteiger partial charge is 0.289 e. The minimum Gasteiger partial charge on any atom is -0.289 e. The Balaban J connectivity index is 2.26. The fourth-order valence-electron chi connectivity index (χ4n) is 1.49. The van der Waals surface area contributed by atoms with Crippen molar-refractivity contribution in [3.8, 4) is 0 Å². The van der Waals surface area contributed by atoms with Gasteiger partial charge in [-0.3, -0.25) is 24.2 Å². The average molecular weight is 268 g/mol. The van der Waals surface area contributed by atoms with Crippen molar-refractivity contribution in [2.45, 2.75) is 0 Å². The first kappa shape index (κ1) is 12.3. The van der Waals surface area contributed by atoms with E-state index in [1.807, 2.05) is 4.72 Å². The van der Waals surface area contributed by atoms with Gasteiger partial charge in [-0.15, -0.1) is 0 Å². The SMILES string of the molecule is O=C1C=C(c2ccc(NS(=O)(=O)O)cc2)C(=O)N1. The van der Waals surface area contributed by atoms with Crippen LogP contribution in [0.3, 0.4) is 0 Å². The van der Waals surface area contributed by atoms with Crippen molar-refractivity contribution in [2.24, 2.45) is 0 Å². The highest BCUT2D eigenvalue weighted by Crippen LogP contribution is 2.20. The third-order valence-corrected chi connectivity index (χ3v) is 2.69. The van der Waals surface area contributed by atoms with Crippen LogP contribution in [0.2, 0.25) is 0 Å². The average Bonchev–Trinajstić information content (AvgIpc) is 2.57. The highest BCUT2D eigenvalue weighted by atomic mass is 32.2. The number of anilines is 1. The van der Waals surface area contributed by atoms with Crippen LogP contribution in [0.1, 0.15) is 5.56 Å². The van der Waals surface area contributed by atoms with Crippen LogP contribution < -0.4 is 10.0 Å². The maximum absolute atomic E-state index is 11.3. The van der Waals surface area contributed by atoms with E-state index in [0.717, 1.165) is 6.08 Å². The number of hydrogen-bond acceptors (Lipinski definition) is 4. The van der Waals surface area contributed by atoms with Crippen molar-refractivity contribution in [2.75, 3.05) is 4.72 Å². The van der Waals surface area contributed by atoms with Gasteiger partial charge in [0.2, 0.25) is 0 Å². The maximum atomic E-state index is 11.3. The van der Waals surface area contributed by atoms with Crippen LogP contribution in [0, 0.1) is 0 Å². The van der Waals surface area contributed by atoms with E-state index in [9.17, 15) is 18.0 Å². The molecule has 18 heavy (non-hydrogen) atoms. The summed E-state index contributed by atoms with van der Waals surface area (Å²) in [6.45, 7) is 0. The summed E-state index contributed by atoms with van der Waals surface area (Å²) in [6.07, 6.45) is 1.16. The number of hydrogen-bond donors (Lipinski definition) is 3. The molecule has 1 aromatic rings. The fraction of sp³-hybridized carbons (Fsp3) is 0. The van der Waals surface area contributed by atoms with Gasteiger partial charge in [0.25, 0.3) is 11.8 Å². The third-order valence-electron chi connectivity index (χ3n) is 2.20. The molecule has 0 aromatic heterocycles. The molecule has 0 fully saturated rings. The fourth-order valence-corrected chi connectivity index (χ4v) is 1.93. The largest absolute Gasteiger partial charge is 0.357 e. The van der Waals surface area contributed by atoms with Crippen molar-refractivity contribution in [3.05, 3.63) is 35.9 Å². The first-order chi connectivity index (χ1) is 8.35. The molecule has 0 spiro atoms. The molecule has 1 aliphatic heterocycles. The Morgan fingerprint density at radius 1 is 1.11 bits per heavy atom. The zero-order valence-corrected chi connectivity index (χ0v) is 9.69. The van der Waals surface area contributed by atoms with Gasteiger partial charge in [0.15, 0.2) is 0 Å². The van der Waals surface area contributed by atoms with Crippen molar-refractivity contribution in [1.29, 1.82) is 0 Å². The van der Waals surface area contributed by atoms with Gasteiger partial charge in [-0.05, 0) is 17.7 Å². The van der Waals surface area contributed by atoms with Crippen LogP contribution in [-0.4, -0.2) is 24.8 Å². The molecule has 0 atom stereocenters. The van der Waals surface area contributed by atoms with E-state index in [1.54, 1.807) is 0 Å². The van der Waals surface area contributed by atoms with Crippen LogP contribution in [0.15, 0.2) is 30.3 Å². The molecule has 94 valence electrons. The Hall–Kier alpha value is -2.19. The Morgan fingerprint density at radius 2 is 1.72 bits per heavy atom. The van der Waals surface area contributed by atoms with E-state index in [2.05, 4.69) is 5.32 Å². The number of nitrogens with one attached hydrogen (secondary N) is 2. The van der Waals surface area contributed by atoms with E-state index in [4.69, 9.17) is 4.55 Å². The molecule has 1 aliphatic rings. The van der Waals surface area contributed by atoms with Gasteiger partial charge in [-0.25, -0.2) is 0 Å². The second-order valence-electron chi connectivity index (χ2n) is 3.53. The van der Waals surface area contributed by atoms with Crippen molar-refractivity contribution >= 4 is 33.4 Å². The predicted molar refractivity (Wildman–Crippen MR) is 62.7 cm³/mol. The first-order valence-corrected chi connectivity index (χ1v) is 6.22. The van der Waals surface area contributed by atoms with E-state index < -0.39 is 22.1 Å². The van der Waals surface area contributed by atoms with E-state index >= 15 is 0 Å². The number of rotatable bonds is 3. The molecule has 2 amide bonds. The van der Waals surface area contributed by atoms with Gasteiger partial charge in [0.05, 0.1) is 11.3 Å². The Morgan fingerprint density at radius 3 is 2.17 bits per heavy atom. The third kappa shape index (κ3) is 2.73. The molecule has 1 aromatic carbocycles. The van der Waals surface area contributed by atoms with Crippen molar-refractivity contribution in [3.63, 3.8) is 0 Å². The van der Waals surface area contributed by atoms with Gasteiger partial charge < -0.3 is 0 Å². The second-order valence-corrected chi connectivity index (χ2v) is 4.69. The molecule has 8 heteroatoms. The summed E-state index contributed by atoms with van der Waals surface area (Å²) in [5, 5.41) is 2.10. The summed E-state index contributed by atoms with van der Waals surface area (Å²) in [4.78, 5) is 22.3. The Bertz CT molecular complexity index is 645. The van der Waals surface area contributed by atoms with Crippen LogP contribution in [-0.2, 0) is 19.9 Å². The second kappa shape index (κ2) is 4.24. The van der Waals surface area contributed by atoms with Crippen LogP contribution in [0.4, 0.5) is 5.69 Å². The van der Waals surface area contributed by atoms with Crippen molar-refractivity contribution < 1.29 is 22.6 Å². The zero-order valence-electron chi connectivity index (χ0n) is 8.88. The molecule has 0 saturated heterocycles. The van der Waals surface area contributed by atoms with E-state index in [-0.39, 0.29) is 11.3 Å². The van der Waals surface area contributed by atoms with Gasteiger partial charge in [0, 0.05) is 6.08 Å². The van der Waals surface area contributed by atoms with Gasteiger partial charge in [-0.1, -0.05) is 12.1 Å². The summed E-state index contributed by atoms with van der Waals surface area (Å²) in [5.41, 5.74) is 0.823. The summed E-state index contributed by atoms with van der Waals surface area (Å²) in [7, 11) is -4.33. The lowest BCUT2D eigenvalue weighted by molar-refractivity contribution is -0.123. The number of amides is 2. The molecule has 2 rings (SSSR count). The monoisotopic (exact) mass is 268 g/mol. The van der Waals surface area contributed by atoms with Crippen LogP contribution in [0.5, 0.6) is 0 Å². The molecule has 0 bridgehead atoms. The molecule has 0 saturated carbocycles. The van der Waals surface area contributed by atoms with Crippen LogP contribution >= 0.6 is 0 Å². The lowest BCUT2D eigenvalue weighted by Crippen LogP contribution is -2.21. The molecule has 0 radical (unpaired) electrons. The minimum atomic E-state index is -4.33. The maximum Gasteiger partial charge on any atom is 0.357 e. The molecule has 3 N–H and O–H groups in total. The lowest BCUT2D eigenvalue weighted by atomic mass is 10.1. The number of carbonyl (C=O) groups excluding carboxylic acids is 2. The quantitative estimate of drug-likeness (QED) is 0.525. The topological polar surface area (TPSA) is 113 Å². The molecule has 1 heterocycles. The molecule has 0 unspecified atom stereocenters. The summed E-state index contributed by atoms with van der Waals surface area (Å²) in [5.74, 6) is -0.995. The minimum absolute atomic E-state index is 0.145. The Kier molecular flexibility index (Phi) is 2.89. The highest BCUT2D eigenvalue weighted by molar-refractivity contribution is 7.87. The summed E-state index contributed by atoms with van der Waals surface area (Å²) >= 11 is 0. The summed E-state index contributed by atoms with van der Waals surface area (Å²) < 4.78 is 31.6. The first-order valence-electron chi connectivity index (χ1n) is 4.78. The highest BCUT2D eigenvalue weighted by Gasteiger charge is 2.21. The lowest BCUT2D eigenvalue weighted by Gasteiger charge is -2.04. The van der Waals surface area contributed by atoms with Gasteiger partial charge in [0.1, 0.15) is 0 Å². The summed E-state index contributed by atoms with van der Waals surface area (Å²) in [6, 6.07) is 5.63. The van der Waals surface area contributed by atoms with Crippen LogP contribution in [0.25, 0.3) is 5.57 Å². The number of benzene rings is 1. The molecular weight excluding hydrogens is 260 g/mol. The molecular formula is C10H8N2O5S. The standard InChI is InChI=1S/C10H8N2O5S/c13-9-5-8(10(14)11-9)6-1-3-7(4-2-6)12-18(15,16)17/h1-5,12H,(H,11,13,14)(H,15,16,17). The van der Waals surface area contributed by atoms with E-state index in [1.165, 1.54) is 24.3 Å². The predicted octanol–water partition coefficient (Wildman–Crippen LogP) is -0.0589. The number of imide groups is 1. The normalized spacial score (nSPS) is 15.3. The van der Waals surface area contributed by atoms with Gasteiger partial charge >= 0.3 is 10.3 Å².